The molecule has 6 rings (SSSR count). The first-order chi connectivity index (χ1) is 22.4. The van der Waals surface area contributed by atoms with E-state index in [1.807, 2.05) is 12.1 Å². The van der Waals surface area contributed by atoms with Gasteiger partial charge in [-0.15, -0.1) is 0 Å². The second-order valence-corrected chi connectivity index (χ2v) is 14.0. The van der Waals surface area contributed by atoms with Crippen LogP contribution in [0, 0.1) is 11.6 Å². The van der Waals surface area contributed by atoms with Crippen LogP contribution in [-0.2, 0) is 26.3 Å². The minimum atomic E-state index is -0.496. The number of likely N-dealkylation sites (tertiary alicyclic amines) is 2. The van der Waals surface area contributed by atoms with E-state index in [-0.39, 0.29) is 24.3 Å². The summed E-state index contributed by atoms with van der Waals surface area (Å²) in [6.07, 6.45) is 7.62. The minimum absolute atomic E-state index is 0.0238. The average molecular weight is 755 g/mol. The lowest BCUT2D eigenvalue weighted by molar-refractivity contribution is 0.220. The third kappa shape index (κ3) is 8.38. The molecule has 8 heteroatoms. The zero-order valence-electron chi connectivity index (χ0n) is 26.1. The van der Waals surface area contributed by atoms with Gasteiger partial charge in [-0.1, -0.05) is 61.4 Å². The number of nitrogens with zero attached hydrogens (tertiary/aromatic N) is 2. The summed E-state index contributed by atoms with van der Waals surface area (Å²) in [4.78, 5) is 4.94. The fourth-order valence-corrected chi connectivity index (χ4v) is 7.46. The average Bonchev–Trinajstić information content (AvgIpc) is 3.06. The Morgan fingerprint density at radius 1 is 0.543 bits per heavy atom. The van der Waals surface area contributed by atoms with Gasteiger partial charge >= 0.3 is 0 Å². The highest BCUT2D eigenvalue weighted by Crippen LogP contribution is 2.33. The van der Waals surface area contributed by atoms with E-state index in [9.17, 15) is 0 Å². The van der Waals surface area contributed by atoms with Crippen molar-refractivity contribution in [3.05, 3.63) is 116 Å². The maximum Gasteiger partial charge on any atom is 0.137 e. The molecule has 0 radical (unpaired) electrons. The first kappa shape index (κ1) is 33.1. The molecule has 0 amide bonds. The van der Waals surface area contributed by atoms with Crippen molar-refractivity contribution in [1.82, 2.24) is 9.80 Å². The molecule has 2 saturated heterocycles. The van der Waals surface area contributed by atoms with Crippen LogP contribution in [0.25, 0.3) is 11.1 Å². The van der Waals surface area contributed by atoms with E-state index in [4.69, 9.17) is 9.47 Å². The van der Waals surface area contributed by atoms with Gasteiger partial charge < -0.3 is 9.47 Å². The molecule has 242 valence electrons. The number of ether oxygens (including phenoxy) is 2. The lowest BCUT2D eigenvalue weighted by Gasteiger charge is -2.26. The van der Waals surface area contributed by atoms with Gasteiger partial charge in [0.05, 0.1) is 8.95 Å². The molecule has 0 atom stereocenters. The van der Waals surface area contributed by atoms with Crippen LogP contribution >= 0.6 is 31.9 Å². The minimum Gasteiger partial charge on any atom is -0.488 e. The quantitative estimate of drug-likeness (QED) is 0.152. The molecule has 0 saturated carbocycles. The molecule has 46 heavy (non-hydrogen) atoms. The van der Waals surface area contributed by atoms with Gasteiger partial charge in [-0.05, 0) is 119 Å². The standard InChI is InChI=1S/C38H40Br2F2N2O2/c39-33-21-27(23-43-17-3-1-4-18-43)13-15-35(33)45-25-29-9-7-11-31(37(29)41)32-12-8-10-30(38(32)42)26-46-36-16-14-28(22-34(36)40)24-44-19-5-2-6-20-44/h7-16,21-22H,1-6,17-20,23-26H2. The molecular weight excluding hydrogens is 714 g/mol. The number of hydrogen-bond donors (Lipinski definition) is 0. The summed E-state index contributed by atoms with van der Waals surface area (Å²) in [5.74, 6) is 0.292. The molecule has 2 aliphatic rings. The summed E-state index contributed by atoms with van der Waals surface area (Å²) in [7, 11) is 0. The summed E-state index contributed by atoms with van der Waals surface area (Å²) in [6.45, 7) is 6.39. The molecule has 0 aromatic heterocycles. The fraction of sp³-hybridized carbons (Fsp3) is 0.368. The number of halogens is 4. The Hall–Kier alpha value is -2.78. The summed E-state index contributed by atoms with van der Waals surface area (Å²) < 4.78 is 45.3. The van der Waals surface area contributed by atoms with Crippen molar-refractivity contribution in [3.8, 4) is 22.6 Å². The zero-order valence-corrected chi connectivity index (χ0v) is 29.2. The third-order valence-corrected chi connectivity index (χ3v) is 10.2. The van der Waals surface area contributed by atoms with Crippen LogP contribution in [0.15, 0.2) is 81.7 Å². The Kier molecular flexibility index (Phi) is 11.4. The predicted octanol–water partition coefficient (Wildman–Crippen LogP) is 10.3. The number of piperidine rings is 2. The molecular formula is C38H40Br2F2N2O2. The van der Waals surface area contributed by atoms with Crippen molar-refractivity contribution in [3.63, 3.8) is 0 Å². The van der Waals surface area contributed by atoms with Gasteiger partial charge in [-0.2, -0.15) is 0 Å². The lowest BCUT2D eigenvalue weighted by Crippen LogP contribution is -2.29. The molecule has 0 bridgehead atoms. The molecule has 2 fully saturated rings. The highest BCUT2D eigenvalue weighted by atomic mass is 79.9. The highest BCUT2D eigenvalue weighted by Gasteiger charge is 2.18. The Morgan fingerprint density at radius 3 is 1.35 bits per heavy atom. The van der Waals surface area contributed by atoms with E-state index < -0.39 is 11.6 Å². The fourth-order valence-electron chi connectivity index (χ4n) is 6.38. The van der Waals surface area contributed by atoms with Crippen LogP contribution in [0.3, 0.4) is 0 Å². The smallest absolute Gasteiger partial charge is 0.137 e. The van der Waals surface area contributed by atoms with Crippen molar-refractivity contribution in [1.29, 1.82) is 0 Å². The Bertz CT molecular complexity index is 1520. The molecule has 0 aliphatic carbocycles. The Morgan fingerprint density at radius 2 is 0.957 bits per heavy atom. The second kappa shape index (κ2) is 15.9. The first-order valence-corrected chi connectivity index (χ1v) is 17.9. The number of rotatable bonds is 11. The number of hydrogen-bond acceptors (Lipinski definition) is 4. The van der Waals surface area contributed by atoms with Crippen LogP contribution in [0.5, 0.6) is 11.5 Å². The molecule has 0 N–H and O–H groups in total. The van der Waals surface area contributed by atoms with Crippen molar-refractivity contribution in [2.45, 2.75) is 64.8 Å². The highest BCUT2D eigenvalue weighted by molar-refractivity contribution is 9.10. The van der Waals surface area contributed by atoms with E-state index >= 15 is 8.78 Å². The molecule has 4 nitrogen and oxygen atoms in total. The Balaban J connectivity index is 1.10. The largest absolute Gasteiger partial charge is 0.488 e. The first-order valence-electron chi connectivity index (χ1n) is 16.3. The van der Waals surface area contributed by atoms with E-state index in [0.29, 0.717) is 22.6 Å². The van der Waals surface area contributed by atoms with Crippen LogP contribution in [0.4, 0.5) is 8.78 Å². The van der Waals surface area contributed by atoms with Crippen LogP contribution < -0.4 is 9.47 Å². The summed E-state index contributed by atoms with van der Waals surface area (Å²) in [6, 6.07) is 22.1. The van der Waals surface area contributed by atoms with Gasteiger partial charge in [0.2, 0.25) is 0 Å². The topological polar surface area (TPSA) is 24.9 Å². The van der Waals surface area contributed by atoms with Gasteiger partial charge in [0.25, 0.3) is 0 Å². The maximum absolute atomic E-state index is 15.8. The van der Waals surface area contributed by atoms with Crippen LogP contribution in [0.2, 0.25) is 0 Å². The summed E-state index contributed by atoms with van der Waals surface area (Å²) >= 11 is 7.26. The second-order valence-electron chi connectivity index (χ2n) is 12.3. The monoisotopic (exact) mass is 752 g/mol. The van der Waals surface area contributed by atoms with Crippen molar-refractivity contribution >= 4 is 31.9 Å². The summed E-state index contributed by atoms with van der Waals surface area (Å²) in [5, 5.41) is 0. The molecule has 4 aromatic rings. The Labute approximate surface area is 288 Å². The SMILES string of the molecule is Fc1c(COc2ccc(CN3CCCCC3)cc2Br)cccc1-c1cccc(COc2ccc(CN3CCCCC3)cc2Br)c1F. The van der Waals surface area contributed by atoms with Crippen LogP contribution in [0.1, 0.15) is 60.8 Å². The maximum atomic E-state index is 15.8. The van der Waals surface area contributed by atoms with E-state index in [1.54, 1.807) is 36.4 Å². The molecule has 2 aliphatic heterocycles. The normalized spacial score (nSPS) is 16.0. The van der Waals surface area contributed by atoms with E-state index in [1.165, 1.54) is 49.7 Å². The zero-order chi connectivity index (χ0) is 31.9. The van der Waals surface area contributed by atoms with Crippen molar-refractivity contribution in [2.75, 3.05) is 26.2 Å². The third-order valence-electron chi connectivity index (χ3n) is 8.92. The van der Waals surface area contributed by atoms with E-state index in [2.05, 4.69) is 65.9 Å². The van der Waals surface area contributed by atoms with E-state index in [0.717, 1.165) is 48.2 Å². The summed E-state index contributed by atoms with van der Waals surface area (Å²) in [5.41, 5.74) is 3.53. The van der Waals surface area contributed by atoms with Gasteiger partial charge in [0.15, 0.2) is 0 Å². The lowest BCUT2D eigenvalue weighted by atomic mass is 9.99. The van der Waals surface area contributed by atoms with Gasteiger partial charge in [0.1, 0.15) is 36.3 Å². The predicted molar refractivity (Wildman–Crippen MR) is 187 cm³/mol. The number of benzene rings is 4. The molecule has 4 aromatic carbocycles. The van der Waals surface area contributed by atoms with Gasteiger partial charge in [-0.3, -0.25) is 9.80 Å². The van der Waals surface area contributed by atoms with Crippen molar-refractivity contribution < 1.29 is 18.3 Å². The van der Waals surface area contributed by atoms with Gasteiger partial charge in [-0.25, -0.2) is 8.78 Å². The molecule has 0 unspecified atom stereocenters. The van der Waals surface area contributed by atoms with Gasteiger partial charge in [0, 0.05) is 35.3 Å². The van der Waals surface area contributed by atoms with Crippen LogP contribution in [-0.4, -0.2) is 36.0 Å². The molecule has 2 heterocycles. The molecule has 0 spiro atoms. The van der Waals surface area contributed by atoms with Crippen molar-refractivity contribution in [2.24, 2.45) is 0 Å².